The van der Waals surface area contributed by atoms with Crippen molar-refractivity contribution in [2.45, 2.75) is 19.9 Å². The van der Waals surface area contributed by atoms with Crippen LogP contribution in [0.3, 0.4) is 0 Å². The molecule has 0 saturated carbocycles. The first-order chi connectivity index (χ1) is 13.0. The Morgan fingerprint density at radius 2 is 1.67 bits per heavy atom. The highest BCUT2D eigenvalue weighted by atomic mass is 16.3. The van der Waals surface area contributed by atoms with Gasteiger partial charge in [0.2, 0.25) is 0 Å². The fourth-order valence-corrected chi connectivity index (χ4v) is 3.11. The van der Waals surface area contributed by atoms with Gasteiger partial charge in [-0.3, -0.25) is 5.41 Å². The molecule has 0 aliphatic rings. The molecule has 3 rings (SSSR count). The summed E-state index contributed by atoms with van der Waals surface area (Å²) in [7, 11) is 0. The van der Waals surface area contributed by atoms with E-state index >= 15 is 0 Å². The molecular weight excluding hydrogens is 334 g/mol. The molecule has 27 heavy (non-hydrogen) atoms. The third-order valence-electron chi connectivity index (χ3n) is 4.38. The zero-order valence-electron chi connectivity index (χ0n) is 15.3. The SMILES string of the molecule is CC(C)n1c(-c2ccccc2)cc(/C=C(\O)c2ccccc2)c(C#N)c1=N. The molecule has 1 aromatic heterocycles. The quantitative estimate of drug-likeness (QED) is 0.636. The van der Waals surface area contributed by atoms with Crippen LogP contribution in [0.4, 0.5) is 0 Å². The van der Waals surface area contributed by atoms with Crippen LogP contribution in [0, 0.1) is 16.7 Å². The lowest BCUT2D eigenvalue weighted by molar-refractivity contribution is 0.515. The number of pyridine rings is 1. The number of hydrogen-bond donors (Lipinski definition) is 2. The first-order valence-electron chi connectivity index (χ1n) is 8.78. The predicted octanol–water partition coefficient (Wildman–Crippen LogP) is 5.14. The van der Waals surface area contributed by atoms with Gasteiger partial charge in [-0.15, -0.1) is 0 Å². The molecule has 0 unspecified atom stereocenters. The van der Waals surface area contributed by atoms with E-state index in [9.17, 15) is 10.4 Å². The number of aliphatic hydroxyl groups is 1. The largest absolute Gasteiger partial charge is 0.507 e. The van der Waals surface area contributed by atoms with Crippen LogP contribution in [-0.2, 0) is 0 Å². The summed E-state index contributed by atoms with van der Waals surface area (Å²) >= 11 is 0. The number of nitriles is 1. The summed E-state index contributed by atoms with van der Waals surface area (Å²) in [6.07, 6.45) is 1.56. The molecule has 0 amide bonds. The van der Waals surface area contributed by atoms with Gasteiger partial charge in [0.15, 0.2) is 0 Å². The van der Waals surface area contributed by atoms with Crippen LogP contribution in [0.2, 0.25) is 0 Å². The van der Waals surface area contributed by atoms with Gasteiger partial charge in [0.25, 0.3) is 0 Å². The van der Waals surface area contributed by atoms with Gasteiger partial charge in [0.05, 0.1) is 5.69 Å². The zero-order valence-corrected chi connectivity index (χ0v) is 15.3. The van der Waals surface area contributed by atoms with E-state index in [0.29, 0.717) is 11.1 Å². The van der Waals surface area contributed by atoms with E-state index in [0.717, 1.165) is 11.3 Å². The van der Waals surface area contributed by atoms with E-state index in [4.69, 9.17) is 5.41 Å². The molecule has 1 heterocycles. The van der Waals surface area contributed by atoms with Crippen LogP contribution in [0.1, 0.15) is 36.6 Å². The van der Waals surface area contributed by atoms with Crippen LogP contribution in [0.5, 0.6) is 0 Å². The average Bonchev–Trinajstić information content (AvgIpc) is 2.68. The van der Waals surface area contributed by atoms with Gasteiger partial charge < -0.3 is 9.67 Å². The molecule has 4 heteroatoms. The van der Waals surface area contributed by atoms with Gasteiger partial charge in [-0.2, -0.15) is 5.26 Å². The van der Waals surface area contributed by atoms with Crippen molar-refractivity contribution in [3.8, 4) is 17.3 Å². The highest BCUT2D eigenvalue weighted by Crippen LogP contribution is 2.25. The van der Waals surface area contributed by atoms with Crippen molar-refractivity contribution in [1.82, 2.24) is 4.57 Å². The maximum atomic E-state index is 10.5. The molecule has 0 radical (unpaired) electrons. The van der Waals surface area contributed by atoms with Crippen LogP contribution in [-0.4, -0.2) is 9.67 Å². The second-order valence-electron chi connectivity index (χ2n) is 6.55. The van der Waals surface area contributed by atoms with E-state index in [1.807, 2.05) is 73.0 Å². The van der Waals surface area contributed by atoms with E-state index in [2.05, 4.69) is 6.07 Å². The molecule has 4 nitrogen and oxygen atoms in total. The smallest absolute Gasteiger partial charge is 0.144 e. The third-order valence-corrected chi connectivity index (χ3v) is 4.38. The van der Waals surface area contributed by atoms with Crippen molar-refractivity contribution < 1.29 is 5.11 Å². The van der Waals surface area contributed by atoms with Gasteiger partial charge in [0, 0.05) is 17.2 Å². The topological polar surface area (TPSA) is 72.8 Å². The Morgan fingerprint density at radius 3 is 2.22 bits per heavy atom. The fraction of sp³-hybridized carbons (Fsp3) is 0.130. The maximum absolute atomic E-state index is 10.5. The van der Waals surface area contributed by atoms with Crippen LogP contribution >= 0.6 is 0 Å². The second-order valence-corrected chi connectivity index (χ2v) is 6.55. The number of benzene rings is 2. The number of aliphatic hydroxyl groups excluding tert-OH is 1. The second kappa shape index (κ2) is 7.76. The summed E-state index contributed by atoms with van der Waals surface area (Å²) in [6, 6.07) is 23.0. The monoisotopic (exact) mass is 355 g/mol. The minimum Gasteiger partial charge on any atom is -0.507 e. The Balaban J connectivity index is 2.28. The van der Waals surface area contributed by atoms with Crippen molar-refractivity contribution in [3.05, 3.63) is 88.9 Å². The van der Waals surface area contributed by atoms with Crippen molar-refractivity contribution in [2.24, 2.45) is 0 Å². The maximum Gasteiger partial charge on any atom is 0.144 e. The van der Waals surface area contributed by atoms with E-state index < -0.39 is 0 Å². The van der Waals surface area contributed by atoms with E-state index in [-0.39, 0.29) is 22.9 Å². The molecule has 0 aliphatic carbocycles. The van der Waals surface area contributed by atoms with Crippen LogP contribution < -0.4 is 5.49 Å². The van der Waals surface area contributed by atoms with Gasteiger partial charge in [0.1, 0.15) is 22.9 Å². The highest BCUT2D eigenvalue weighted by molar-refractivity contribution is 5.80. The zero-order chi connectivity index (χ0) is 19.4. The fourth-order valence-electron chi connectivity index (χ4n) is 3.11. The molecule has 0 bridgehead atoms. The lowest BCUT2D eigenvalue weighted by Crippen LogP contribution is -2.27. The number of aromatic nitrogens is 1. The summed E-state index contributed by atoms with van der Waals surface area (Å²) in [5, 5.41) is 28.8. The molecule has 0 aliphatic heterocycles. The third kappa shape index (κ3) is 3.68. The lowest BCUT2D eigenvalue weighted by Gasteiger charge is -2.20. The standard InChI is InChI=1S/C23H21N3O/c1-16(2)26-21(17-9-5-3-6-10-17)13-19(20(15-24)23(26)25)14-22(27)18-11-7-4-8-12-18/h3-14,16,25,27H,1-2H3/b22-14-,25-23?. The molecular formula is C23H21N3O. The number of rotatable bonds is 4. The average molecular weight is 355 g/mol. The molecule has 0 saturated heterocycles. The van der Waals surface area contributed by atoms with Crippen molar-refractivity contribution in [1.29, 1.82) is 10.7 Å². The normalized spacial score (nSPS) is 11.4. The molecule has 134 valence electrons. The lowest BCUT2D eigenvalue weighted by atomic mass is 10.0. The molecule has 3 aromatic rings. The first kappa shape index (κ1) is 18.2. The summed E-state index contributed by atoms with van der Waals surface area (Å²) < 4.78 is 1.84. The number of nitrogens with zero attached hydrogens (tertiary/aromatic N) is 2. The van der Waals surface area contributed by atoms with Crippen LogP contribution in [0.15, 0.2) is 66.7 Å². The Kier molecular flexibility index (Phi) is 5.23. The number of hydrogen-bond acceptors (Lipinski definition) is 3. The summed E-state index contributed by atoms with van der Waals surface area (Å²) in [6.45, 7) is 3.98. The molecule has 2 aromatic carbocycles. The molecule has 0 spiro atoms. The Labute approximate surface area is 158 Å². The summed E-state index contributed by atoms with van der Waals surface area (Å²) in [4.78, 5) is 0. The molecule has 0 fully saturated rings. The Hall–Kier alpha value is -3.58. The predicted molar refractivity (Wildman–Crippen MR) is 108 cm³/mol. The molecule has 0 atom stereocenters. The van der Waals surface area contributed by atoms with Gasteiger partial charge >= 0.3 is 0 Å². The summed E-state index contributed by atoms with van der Waals surface area (Å²) in [5.74, 6) is 0.0628. The van der Waals surface area contributed by atoms with Crippen LogP contribution in [0.25, 0.3) is 23.1 Å². The van der Waals surface area contributed by atoms with Gasteiger partial charge in [-0.1, -0.05) is 60.7 Å². The van der Waals surface area contributed by atoms with E-state index in [1.165, 1.54) is 0 Å². The summed E-state index contributed by atoms with van der Waals surface area (Å²) in [5.41, 5.74) is 3.36. The van der Waals surface area contributed by atoms with E-state index in [1.54, 1.807) is 18.2 Å². The Morgan fingerprint density at radius 1 is 1.07 bits per heavy atom. The van der Waals surface area contributed by atoms with Gasteiger partial charge in [-0.25, -0.2) is 0 Å². The minimum absolute atomic E-state index is 0.0144. The number of nitrogens with one attached hydrogen (secondary N) is 1. The van der Waals surface area contributed by atoms with Crippen molar-refractivity contribution >= 4 is 11.8 Å². The Bertz CT molecular complexity index is 1070. The van der Waals surface area contributed by atoms with Gasteiger partial charge in [-0.05, 0) is 31.6 Å². The minimum atomic E-state index is 0.0144. The highest BCUT2D eigenvalue weighted by Gasteiger charge is 2.15. The first-order valence-corrected chi connectivity index (χ1v) is 8.78. The van der Waals surface area contributed by atoms with Crippen molar-refractivity contribution in [2.75, 3.05) is 0 Å². The van der Waals surface area contributed by atoms with Crippen molar-refractivity contribution in [3.63, 3.8) is 0 Å². The molecule has 2 N–H and O–H groups in total.